The minimum absolute atomic E-state index is 1.23. The fourth-order valence-electron chi connectivity index (χ4n) is 4.25. The SMILES string of the molecule is Cc1cc(C)cc(C=Cc2ccc3ccc4ccc5ccccc5c4c3c2)c1. The summed E-state index contributed by atoms with van der Waals surface area (Å²) in [6.07, 6.45) is 4.43. The van der Waals surface area contributed by atoms with E-state index >= 15 is 0 Å². The van der Waals surface area contributed by atoms with Crippen molar-refractivity contribution in [1.82, 2.24) is 0 Å². The molecule has 0 amide bonds. The second-order valence-electron chi connectivity index (χ2n) is 7.69. The number of hydrogen-bond donors (Lipinski definition) is 0. The van der Waals surface area contributed by atoms with Gasteiger partial charge in [-0.1, -0.05) is 102 Å². The molecule has 0 spiro atoms. The van der Waals surface area contributed by atoms with Crippen LogP contribution in [0.3, 0.4) is 0 Å². The number of fused-ring (bicyclic) bond motifs is 5. The molecule has 0 saturated heterocycles. The van der Waals surface area contributed by atoms with Crippen molar-refractivity contribution < 1.29 is 0 Å². The smallest absolute Gasteiger partial charge is 0.00266 e. The van der Waals surface area contributed by atoms with Crippen LogP contribution in [0.15, 0.2) is 84.9 Å². The van der Waals surface area contributed by atoms with Gasteiger partial charge >= 0.3 is 0 Å². The van der Waals surface area contributed by atoms with Crippen molar-refractivity contribution in [3.63, 3.8) is 0 Å². The number of benzene rings is 5. The van der Waals surface area contributed by atoms with Gasteiger partial charge in [0.2, 0.25) is 0 Å². The molecule has 5 aromatic rings. The molecule has 0 heteroatoms. The third kappa shape index (κ3) is 2.97. The van der Waals surface area contributed by atoms with Crippen LogP contribution < -0.4 is 0 Å². The first-order valence-corrected chi connectivity index (χ1v) is 9.78. The zero-order chi connectivity index (χ0) is 19.1. The Morgan fingerprint density at radius 1 is 0.500 bits per heavy atom. The predicted octanol–water partition coefficient (Wildman–Crippen LogP) is 7.93. The minimum atomic E-state index is 1.23. The van der Waals surface area contributed by atoms with Crippen LogP contribution in [0.4, 0.5) is 0 Å². The second-order valence-corrected chi connectivity index (χ2v) is 7.69. The van der Waals surface area contributed by atoms with Crippen LogP contribution in [0.2, 0.25) is 0 Å². The summed E-state index contributed by atoms with van der Waals surface area (Å²) < 4.78 is 0. The maximum Gasteiger partial charge on any atom is -0.00266 e. The highest BCUT2D eigenvalue weighted by Crippen LogP contribution is 2.33. The highest BCUT2D eigenvalue weighted by Gasteiger charge is 2.05. The molecule has 0 aliphatic heterocycles. The Bertz CT molecular complexity index is 1340. The molecule has 0 bridgehead atoms. The van der Waals surface area contributed by atoms with Crippen LogP contribution in [-0.2, 0) is 0 Å². The van der Waals surface area contributed by atoms with Gasteiger partial charge in [-0.25, -0.2) is 0 Å². The molecule has 0 aliphatic rings. The largest absolute Gasteiger partial charge is 0.0616 e. The van der Waals surface area contributed by atoms with Crippen LogP contribution in [0.1, 0.15) is 22.3 Å². The highest BCUT2D eigenvalue weighted by atomic mass is 14.1. The summed E-state index contributed by atoms with van der Waals surface area (Å²) in [5.74, 6) is 0. The first kappa shape index (κ1) is 16.8. The van der Waals surface area contributed by atoms with E-state index in [0.717, 1.165) is 0 Å². The van der Waals surface area contributed by atoms with E-state index in [1.807, 2.05) is 0 Å². The summed E-state index contributed by atoms with van der Waals surface area (Å²) in [7, 11) is 0. The monoisotopic (exact) mass is 358 g/mol. The van der Waals surface area contributed by atoms with Gasteiger partial charge in [0.05, 0.1) is 0 Å². The first-order valence-electron chi connectivity index (χ1n) is 9.78. The van der Waals surface area contributed by atoms with Crippen molar-refractivity contribution in [2.45, 2.75) is 13.8 Å². The number of rotatable bonds is 2. The van der Waals surface area contributed by atoms with Crippen molar-refractivity contribution in [3.8, 4) is 0 Å². The highest BCUT2D eigenvalue weighted by molar-refractivity contribution is 6.20. The van der Waals surface area contributed by atoms with Gasteiger partial charge in [-0.15, -0.1) is 0 Å². The second kappa shape index (κ2) is 6.65. The molecule has 0 atom stereocenters. The Hall–Kier alpha value is -3.38. The summed E-state index contributed by atoms with van der Waals surface area (Å²) in [6, 6.07) is 31.0. The molecule has 0 heterocycles. The summed E-state index contributed by atoms with van der Waals surface area (Å²) in [5.41, 5.74) is 5.08. The van der Waals surface area contributed by atoms with Crippen LogP contribution >= 0.6 is 0 Å². The van der Waals surface area contributed by atoms with Gasteiger partial charge in [0, 0.05) is 0 Å². The van der Waals surface area contributed by atoms with Gasteiger partial charge in [-0.3, -0.25) is 0 Å². The summed E-state index contributed by atoms with van der Waals surface area (Å²) in [6.45, 7) is 4.30. The van der Waals surface area contributed by atoms with Gasteiger partial charge in [-0.05, 0) is 63.4 Å². The Kier molecular flexibility index (Phi) is 3.98. The van der Waals surface area contributed by atoms with Gasteiger partial charge in [-0.2, -0.15) is 0 Å². The topological polar surface area (TPSA) is 0 Å². The lowest BCUT2D eigenvalue weighted by Gasteiger charge is -2.09. The van der Waals surface area contributed by atoms with Crippen molar-refractivity contribution in [3.05, 3.63) is 107 Å². The molecule has 5 aromatic carbocycles. The quantitative estimate of drug-likeness (QED) is 0.222. The summed E-state index contributed by atoms with van der Waals surface area (Å²) in [4.78, 5) is 0. The molecule has 0 aromatic heterocycles. The first-order chi connectivity index (χ1) is 13.7. The number of aryl methyl sites for hydroxylation is 2. The number of hydrogen-bond acceptors (Lipinski definition) is 0. The molecule has 134 valence electrons. The molecular weight excluding hydrogens is 336 g/mol. The summed E-state index contributed by atoms with van der Waals surface area (Å²) >= 11 is 0. The van der Waals surface area contributed by atoms with Crippen LogP contribution in [-0.4, -0.2) is 0 Å². The van der Waals surface area contributed by atoms with Crippen molar-refractivity contribution >= 4 is 44.5 Å². The third-order valence-electron chi connectivity index (χ3n) is 5.46. The van der Waals surface area contributed by atoms with Gasteiger partial charge < -0.3 is 0 Å². The lowest BCUT2D eigenvalue weighted by atomic mass is 9.95. The molecule has 0 nitrogen and oxygen atoms in total. The Labute approximate surface area is 165 Å². The fraction of sp³-hybridized carbons (Fsp3) is 0.0714. The zero-order valence-corrected chi connectivity index (χ0v) is 16.2. The van der Waals surface area contributed by atoms with E-state index < -0.39 is 0 Å². The molecule has 0 aliphatic carbocycles. The molecule has 28 heavy (non-hydrogen) atoms. The average molecular weight is 358 g/mol. The van der Waals surface area contributed by atoms with E-state index in [0.29, 0.717) is 0 Å². The van der Waals surface area contributed by atoms with E-state index in [2.05, 4.69) is 111 Å². The van der Waals surface area contributed by atoms with Crippen molar-refractivity contribution in [2.24, 2.45) is 0 Å². The van der Waals surface area contributed by atoms with E-state index in [4.69, 9.17) is 0 Å². The van der Waals surface area contributed by atoms with Crippen molar-refractivity contribution in [1.29, 1.82) is 0 Å². The normalized spacial score (nSPS) is 11.8. The Balaban J connectivity index is 1.70. The molecule has 0 unspecified atom stereocenters. The molecule has 0 radical (unpaired) electrons. The van der Waals surface area contributed by atoms with Crippen LogP contribution in [0.5, 0.6) is 0 Å². The molecule has 0 N–H and O–H groups in total. The van der Waals surface area contributed by atoms with Gasteiger partial charge in [0.15, 0.2) is 0 Å². The van der Waals surface area contributed by atoms with E-state index in [-0.39, 0.29) is 0 Å². The van der Waals surface area contributed by atoms with Crippen LogP contribution in [0.25, 0.3) is 44.5 Å². The lowest BCUT2D eigenvalue weighted by Crippen LogP contribution is -1.83. The van der Waals surface area contributed by atoms with Gasteiger partial charge in [0.1, 0.15) is 0 Å². The van der Waals surface area contributed by atoms with Crippen molar-refractivity contribution in [2.75, 3.05) is 0 Å². The molecule has 5 rings (SSSR count). The van der Waals surface area contributed by atoms with Gasteiger partial charge in [0.25, 0.3) is 0 Å². The standard InChI is InChI=1S/C28H22/c1-19-15-20(2)17-22(16-19)8-7-21-9-10-24-12-14-25-13-11-23-5-3-4-6-26(23)28(25)27(24)18-21/h3-18H,1-2H3. The summed E-state index contributed by atoms with van der Waals surface area (Å²) in [5, 5.41) is 7.85. The molecule has 0 fully saturated rings. The van der Waals surface area contributed by atoms with Crippen LogP contribution in [0, 0.1) is 13.8 Å². The maximum absolute atomic E-state index is 2.32. The molecule has 0 saturated carbocycles. The predicted molar refractivity (Wildman–Crippen MR) is 124 cm³/mol. The Morgan fingerprint density at radius 3 is 1.89 bits per heavy atom. The van der Waals surface area contributed by atoms with E-state index in [9.17, 15) is 0 Å². The van der Waals surface area contributed by atoms with E-state index in [1.54, 1.807) is 0 Å². The average Bonchev–Trinajstić information content (AvgIpc) is 2.71. The minimum Gasteiger partial charge on any atom is -0.0616 e. The van der Waals surface area contributed by atoms with E-state index in [1.165, 1.54) is 54.6 Å². The molecular formula is C28H22. The fourth-order valence-corrected chi connectivity index (χ4v) is 4.25. The lowest BCUT2D eigenvalue weighted by molar-refractivity contribution is 1.37. The third-order valence-corrected chi connectivity index (χ3v) is 5.46. The Morgan fingerprint density at radius 2 is 1.11 bits per heavy atom. The zero-order valence-electron chi connectivity index (χ0n) is 16.2. The maximum atomic E-state index is 2.32.